The quantitative estimate of drug-likeness (QED) is 0.112. The minimum atomic E-state index is -0.249. The Morgan fingerprint density at radius 1 is 0.625 bits per heavy atom. The van der Waals surface area contributed by atoms with Gasteiger partial charge in [0.1, 0.15) is 11.9 Å². The van der Waals surface area contributed by atoms with E-state index in [-0.39, 0.29) is 12.1 Å². The number of unbranched alkanes of at least 4 members (excludes halogenated alkanes) is 10. The Balaban J connectivity index is 1.53. The summed E-state index contributed by atoms with van der Waals surface area (Å²) in [7, 11) is 0. The topological polar surface area (TPSA) is 35.5 Å². The van der Waals surface area contributed by atoms with E-state index >= 15 is 0 Å². The van der Waals surface area contributed by atoms with Crippen molar-refractivity contribution in [2.24, 2.45) is 0 Å². The van der Waals surface area contributed by atoms with Crippen LogP contribution in [0.4, 0.5) is 0 Å². The maximum Gasteiger partial charge on any atom is 0.306 e. The summed E-state index contributed by atoms with van der Waals surface area (Å²) in [4.78, 5) is 12.3. The lowest BCUT2D eigenvalue weighted by atomic mass is 9.93. The number of benzene rings is 3. The van der Waals surface area contributed by atoms with Crippen LogP contribution in [0.3, 0.4) is 0 Å². The van der Waals surface area contributed by atoms with Crippen molar-refractivity contribution >= 4 is 5.97 Å². The largest absolute Gasteiger partial charge is 0.494 e. The van der Waals surface area contributed by atoms with Crippen LogP contribution >= 0.6 is 0 Å². The fraction of sp³-hybridized carbons (Fsp3) is 0.486. The zero-order valence-corrected chi connectivity index (χ0v) is 25.1. The van der Waals surface area contributed by atoms with Gasteiger partial charge in [0.2, 0.25) is 0 Å². The van der Waals surface area contributed by atoms with Crippen LogP contribution in [0.25, 0.3) is 22.3 Å². The molecular formula is C37H50O3. The normalized spacial score (nSPS) is 11.8. The molecule has 3 aromatic carbocycles. The Morgan fingerprint density at radius 2 is 1.12 bits per heavy atom. The Labute approximate surface area is 243 Å². The summed E-state index contributed by atoms with van der Waals surface area (Å²) in [6.07, 6.45) is 14.9. The fourth-order valence-electron chi connectivity index (χ4n) is 5.10. The summed E-state index contributed by atoms with van der Waals surface area (Å²) in [5.74, 6) is 0.830. The van der Waals surface area contributed by atoms with Crippen molar-refractivity contribution < 1.29 is 14.3 Å². The molecule has 0 heterocycles. The zero-order valence-electron chi connectivity index (χ0n) is 25.1. The molecule has 3 heteroatoms. The van der Waals surface area contributed by atoms with Gasteiger partial charge in [0, 0.05) is 6.42 Å². The van der Waals surface area contributed by atoms with Crippen molar-refractivity contribution in [3.8, 4) is 28.0 Å². The van der Waals surface area contributed by atoms with Gasteiger partial charge in [-0.25, -0.2) is 0 Å². The maximum atomic E-state index is 12.3. The standard InChI is InChI=1S/C37H50O3/c1-4-6-8-10-12-14-20-37(38)40-30(3)31-21-23-32(24-22-31)35-18-15-16-19-36(35)33-25-27-34(28-26-33)39-29-17-13-11-9-7-5-2/h15-16,18-19,21-28,30H,4-14,17,20,29H2,1-3H3. The third-order valence-electron chi connectivity index (χ3n) is 7.59. The Kier molecular flexibility index (Phi) is 14.4. The molecule has 0 aliphatic carbocycles. The van der Waals surface area contributed by atoms with E-state index in [1.165, 1.54) is 74.5 Å². The van der Waals surface area contributed by atoms with Crippen LogP contribution in [-0.4, -0.2) is 12.6 Å². The Bertz CT molecular complexity index is 1100. The Hall–Kier alpha value is -3.07. The molecule has 0 aromatic heterocycles. The first kappa shape index (κ1) is 31.5. The predicted octanol–water partition coefficient (Wildman–Crippen LogP) is 11.1. The van der Waals surface area contributed by atoms with Crippen molar-refractivity contribution in [3.63, 3.8) is 0 Å². The van der Waals surface area contributed by atoms with Crippen LogP contribution < -0.4 is 4.74 Å². The van der Waals surface area contributed by atoms with Gasteiger partial charge in [0.15, 0.2) is 0 Å². The van der Waals surface area contributed by atoms with Gasteiger partial charge in [-0.05, 0) is 59.7 Å². The lowest BCUT2D eigenvalue weighted by Gasteiger charge is -2.15. The lowest BCUT2D eigenvalue weighted by molar-refractivity contribution is -0.148. The summed E-state index contributed by atoms with van der Waals surface area (Å²) in [6, 6.07) is 25.4. The van der Waals surface area contributed by atoms with Gasteiger partial charge < -0.3 is 9.47 Å². The third kappa shape index (κ3) is 10.8. The minimum absolute atomic E-state index is 0.100. The fourth-order valence-corrected chi connectivity index (χ4v) is 5.10. The van der Waals surface area contributed by atoms with E-state index in [1.54, 1.807) is 0 Å². The van der Waals surface area contributed by atoms with Crippen molar-refractivity contribution in [2.45, 2.75) is 110 Å². The molecule has 0 amide bonds. The van der Waals surface area contributed by atoms with Gasteiger partial charge in [-0.15, -0.1) is 0 Å². The van der Waals surface area contributed by atoms with Crippen LogP contribution in [0.2, 0.25) is 0 Å². The average Bonchev–Trinajstić information content (AvgIpc) is 2.99. The number of esters is 1. The van der Waals surface area contributed by atoms with Gasteiger partial charge in [0.25, 0.3) is 0 Å². The second-order valence-electron chi connectivity index (χ2n) is 11.0. The molecule has 40 heavy (non-hydrogen) atoms. The molecular weight excluding hydrogens is 492 g/mol. The monoisotopic (exact) mass is 542 g/mol. The molecule has 0 aliphatic rings. The highest BCUT2D eigenvalue weighted by Gasteiger charge is 2.13. The van der Waals surface area contributed by atoms with Gasteiger partial charge in [-0.1, -0.05) is 139 Å². The second-order valence-corrected chi connectivity index (χ2v) is 11.0. The van der Waals surface area contributed by atoms with Gasteiger partial charge in [-0.2, -0.15) is 0 Å². The molecule has 216 valence electrons. The highest BCUT2D eigenvalue weighted by molar-refractivity contribution is 5.83. The lowest BCUT2D eigenvalue weighted by Crippen LogP contribution is -2.08. The van der Waals surface area contributed by atoms with Gasteiger partial charge >= 0.3 is 5.97 Å². The molecule has 1 unspecified atom stereocenters. The van der Waals surface area contributed by atoms with E-state index in [2.05, 4.69) is 86.6 Å². The van der Waals surface area contributed by atoms with Crippen LogP contribution in [0, 0.1) is 0 Å². The third-order valence-corrected chi connectivity index (χ3v) is 7.59. The van der Waals surface area contributed by atoms with E-state index in [9.17, 15) is 4.79 Å². The van der Waals surface area contributed by atoms with Gasteiger partial charge in [-0.3, -0.25) is 4.79 Å². The molecule has 0 N–H and O–H groups in total. The van der Waals surface area contributed by atoms with Crippen LogP contribution in [0.5, 0.6) is 5.75 Å². The first-order valence-corrected chi connectivity index (χ1v) is 15.7. The van der Waals surface area contributed by atoms with E-state index in [4.69, 9.17) is 9.47 Å². The molecule has 0 radical (unpaired) electrons. The van der Waals surface area contributed by atoms with E-state index in [1.807, 2.05) is 6.92 Å². The van der Waals surface area contributed by atoms with Gasteiger partial charge in [0.05, 0.1) is 6.61 Å². The van der Waals surface area contributed by atoms with Crippen molar-refractivity contribution in [1.29, 1.82) is 0 Å². The second kappa shape index (κ2) is 18.3. The molecule has 3 rings (SSSR count). The average molecular weight is 543 g/mol. The van der Waals surface area contributed by atoms with E-state index < -0.39 is 0 Å². The molecule has 0 saturated heterocycles. The van der Waals surface area contributed by atoms with Crippen molar-refractivity contribution in [1.82, 2.24) is 0 Å². The number of rotatable bonds is 19. The van der Waals surface area contributed by atoms with Crippen LogP contribution in [0.1, 0.15) is 116 Å². The molecule has 3 nitrogen and oxygen atoms in total. The summed E-state index contributed by atoms with van der Waals surface area (Å²) in [5, 5.41) is 0. The first-order valence-electron chi connectivity index (χ1n) is 15.7. The number of hydrogen-bond donors (Lipinski definition) is 0. The number of ether oxygens (including phenoxy) is 2. The molecule has 0 bridgehead atoms. The zero-order chi connectivity index (χ0) is 28.4. The molecule has 1 atom stereocenters. The molecule has 0 spiro atoms. The SMILES string of the molecule is CCCCCCCCOc1ccc(-c2ccccc2-c2ccc(C(C)OC(=O)CCCCCCCC)cc2)cc1. The summed E-state index contributed by atoms with van der Waals surface area (Å²) in [5.41, 5.74) is 5.71. The minimum Gasteiger partial charge on any atom is -0.494 e. The summed E-state index contributed by atoms with van der Waals surface area (Å²) >= 11 is 0. The maximum absolute atomic E-state index is 12.3. The predicted molar refractivity (Wildman–Crippen MR) is 169 cm³/mol. The van der Waals surface area contributed by atoms with E-state index in [0.717, 1.165) is 42.7 Å². The molecule has 3 aromatic rings. The Morgan fingerprint density at radius 3 is 1.70 bits per heavy atom. The molecule has 0 fully saturated rings. The molecule has 0 saturated carbocycles. The highest BCUT2D eigenvalue weighted by atomic mass is 16.5. The summed E-state index contributed by atoms with van der Waals surface area (Å²) < 4.78 is 11.7. The highest BCUT2D eigenvalue weighted by Crippen LogP contribution is 2.33. The molecule has 0 aliphatic heterocycles. The summed E-state index contributed by atoms with van der Waals surface area (Å²) in [6.45, 7) is 7.20. The first-order chi connectivity index (χ1) is 19.6. The van der Waals surface area contributed by atoms with Crippen LogP contribution in [-0.2, 0) is 9.53 Å². The number of carbonyl (C=O) groups excluding carboxylic acids is 1. The number of hydrogen-bond acceptors (Lipinski definition) is 3. The van der Waals surface area contributed by atoms with Crippen molar-refractivity contribution in [2.75, 3.05) is 6.61 Å². The van der Waals surface area contributed by atoms with Crippen LogP contribution in [0.15, 0.2) is 72.8 Å². The van der Waals surface area contributed by atoms with Crippen molar-refractivity contribution in [3.05, 3.63) is 78.4 Å². The number of carbonyl (C=O) groups is 1. The smallest absolute Gasteiger partial charge is 0.306 e. The van der Waals surface area contributed by atoms with E-state index in [0.29, 0.717) is 6.42 Å².